The summed E-state index contributed by atoms with van der Waals surface area (Å²) in [6, 6.07) is 13.0. The average molecular weight is 426 g/mol. The Kier molecular flexibility index (Phi) is 6.15. The van der Waals surface area contributed by atoms with Crippen molar-refractivity contribution in [2.75, 3.05) is 13.1 Å². The molecule has 1 atom stereocenters. The van der Waals surface area contributed by atoms with Crippen LogP contribution in [0.25, 0.3) is 0 Å². The lowest BCUT2D eigenvalue weighted by molar-refractivity contribution is -0.134. The van der Waals surface area contributed by atoms with Gasteiger partial charge in [0.05, 0.1) is 0 Å². The molecule has 1 fully saturated rings. The van der Waals surface area contributed by atoms with E-state index in [1.54, 1.807) is 19.1 Å². The van der Waals surface area contributed by atoms with Crippen molar-refractivity contribution in [2.24, 2.45) is 0 Å². The third-order valence-electron chi connectivity index (χ3n) is 5.55. The molecule has 1 heterocycles. The lowest BCUT2D eigenvalue weighted by Crippen LogP contribution is -2.43. The number of amides is 4. The molecule has 7 heteroatoms. The standard InChI is InChI=1S/C24H28FN3O3/c1-23(2,3)17-7-9-18(10-8-17)24(4)21(30)28(22(31)27-24)15-20(29)26-14-13-16-5-11-19(25)12-6-16/h5-12H,13-15H2,1-4H3,(H,26,29)(H,27,31). The Morgan fingerprint density at radius 2 is 1.68 bits per heavy atom. The van der Waals surface area contributed by atoms with Crippen molar-refractivity contribution in [2.45, 2.75) is 45.1 Å². The first-order valence-electron chi connectivity index (χ1n) is 10.3. The van der Waals surface area contributed by atoms with Crippen LogP contribution in [0.2, 0.25) is 0 Å². The number of nitrogens with one attached hydrogen (secondary N) is 2. The van der Waals surface area contributed by atoms with Crippen LogP contribution in [-0.2, 0) is 27.0 Å². The maximum absolute atomic E-state index is 13.0. The maximum Gasteiger partial charge on any atom is 0.325 e. The Bertz CT molecular complexity index is 981. The number of carbonyl (C=O) groups is 3. The second-order valence-corrected chi connectivity index (χ2v) is 9.00. The second kappa shape index (κ2) is 8.49. The Morgan fingerprint density at radius 1 is 1.06 bits per heavy atom. The van der Waals surface area contributed by atoms with Crippen LogP contribution in [0.3, 0.4) is 0 Å². The van der Waals surface area contributed by atoms with Crippen molar-refractivity contribution < 1.29 is 18.8 Å². The van der Waals surface area contributed by atoms with Crippen LogP contribution >= 0.6 is 0 Å². The molecule has 0 spiro atoms. The van der Waals surface area contributed by atoms with Gasteiger partial charge >= 0.3 is 6.03 Å². The van der Waals surface area contributed by atoms with Gasteiger partial charge in [-0.1, -0.05) is 57.2 Å². The van der Waals surface area contributed by atoms with E-state index < -0.39 is 23.4 Å². The highest BCUT2D eigenvalue weighted by Gasteiger charge is 2.49. The van der Waals surface area contributed by atoms with Gasteiger partial charge in [0.2, 0.25) is 5.91 Å². The van der Waals surface area contributed by atoms with E-state index >= 15 is 0 Å². The molecule has 164 valence electrons. The van der Waals surface area contributed by atoms with Crippen LogP contribution in [-0.4, -0.2) is 35.8 Å². The molecule has 0 saturated carbocycles. The van der Waals surface area contributed by atoms with Crippen LogP contribution in [0, 0.1) is 5.82 Å². The van der Waals surface area contributed by atoms with Gasteiger partial charge in [0.15, 0.2) is 0 Å². The van der Waals surface area contributed by atoms with Crippen molar-refractivity contribution >= 4 is 17.8 Å². The van der Waals surface area contributed by atoms with Crippen molar-refractivity contribution in [3.8, 4) is 0 Å². The second-order valence-electron chi connectivity index (χ2n) is 9.00. The lowest BCUT2D eigenvalue weighted by Gasteiger charge is -2.24. The van der Waals surface area contributed by atoms with Gasteiger partial charge in [0.1, 0.15) is 17.9 Å². The number of carbonyl (C=O) groups excluding carboxylic acids is 3. The van der Waals surface area contributed by atoms with Crippen LogP contribution in [0.5, 0.6) is 0 Å². The summed E-state index contributed by atoms with van der Waals surface area (Å²) < 4.78 is 12.9. The van der Waals surface area contributed by atoms with Gasteiger partial charge in [-0.25, -0.2) is 9.18 Å². The number of halogens is 1. The Hall–Kier alpha value is -3.22. The van der Waals surface area contributed by atoms with E-state index in [9.17, 15) is 18.8 Å². The van der Waals surface area contributed by atoms with Gasteiger partial charge < -0.3 is 10.6 Å². The molecule has 0 aromatic heterocycles. The highest BCUT2D eigenvalue weighted by molar-refractivity contribution is 6.09. The molecule has 1 aliphatic heterocycles. The summed E-state index contributed by atoms with van der Waals surface area (Å²) in [6.45, 7) is 7.91. The Balaban J connectivity index is 1.61. The van der Waals surface area contributed by atoms with E-state index in [1.165, 1.54) is 12.1 Å². The summed E-state index contributed by atoms with van der Waals surface area (Å²) in [7, 11) is 0. The van der Waals surface area contributed by atoms with Crippen molar-refractivity contribution in [3.63, 3.8) is 0 Å². The highest BCUT2D eigenvalue weighted by Crippen LogP contribution is 2.31. The first kappa shape index (κ1) is 22.5. The van der Waals surface area contributed by atoms with E-state index in [1.807, 2.05) is 24.3 Å². The fourth-order valence-electron chi connectivity index (χ4n) is 3.54. The van der Waals surface area contributed by atoms with Gasteiger partial charge in [0.25, 0.3) is 5.91 Å². The van der Waals surface area contributed by atoms with Gasteiger partial charge in [-0.05, 0) is 47.6 Å². The number of hydrogen-bond acceptors (Lipinski definition) is 3. The van der Waals surface area contributed by atoms with Crippen molar-refractivity contribution in [1.29, 1.82) is 0 Å². The molecule has 1 unspecified atom stereocenters. The van der Waals surface area contributed by atoms with Crippen molar-refractivity contribution in [1.82, 2.24) is 15.5 Å². The van der Waals surface area contributed by atoms with Crippen LogP contribution in [0.15, 0.2) is 48.5 Å². The lowest BCUT2D eigenvalue weighted by atomic mass is 9.84. The van der Waals surface area contributed by atoms with Crippen LogP contribution < -0.4 is 10.6 Å². The van der Waals surface area contributed by atoms with E-state index in [4.69, 9.17) is 0 Å². The van der Waals surface area contributed by atoms with Gasteiger partial charge in [0, 0.05) is 6.54 Å². The number of rotatable bonds is 6. The molecule has 2 aromatic carbocycles. The first-order chi connectivity index (χ1) is 14.5. The summed E-state index contributed by atoms with van der Waals surface area (Å²) >= 11 is 0. The largest absolute Gasteiger partial charge is 0.354 e. The first-order valence-corrected chi connectivity index (χ1v) is 10.3. The molecular formula is C24H28FN3O3. The SMILES string of the molecule is CC(C)(C)c1ccc(C2(C)NC(=O)N(CC(=O)NCCc3ccc(F)cc3)C2=O)cc1. The molecule has 0 radical (unpaired) electrons. The Labute approximate surface area is 181 Å². The normalized spacial score (nSPS) is 18.8. The molecule has 0 aliphatic carbocycles. The number of nitrogens with zero attached hydrogens (tertiary/aromatic N) is 1. The molecule has 1 saturated heterocycles. The van der Waals surface area contributed by atoms with E-state index in [0.29, 0.717) is 18.5 Å². The predicted molar refractivity (Wildman–Crippen MR) is 116 cm³/mol. The summed E-state index contributed by atoms with van der Waals surface area (Å²) in [5.74, 6) is -1.21. The van der Waals surface area contributed by atoms with Crippen molar-refractivity contribution in [3.05, 3.63) is 71.0 Å². The van der Waals surface area contributed by atoms with Gasteiger partial charge in [-0.15, -0.1) is 0 Å². The van der Waals surface area contributed by atoms with E-state index in [-0.39, 0.29) is 17.8 Å². The summed E-state index contributed by atoms with van der Waals surface area (Å²) in [5.41, 5.74) is 1.41. The number of benzene rings is 2. The molecule has 3 rings (SSSR count). The molecule has 0 bridgehead atoms. The van der Waals surface area contributed by atoms with Gasteiger partial charge in [-0.3, -0.25) is 14.5 Å². The van der Waals surface area contributed by atoms with E-state index in [0.717, 1.165) is 16.0 Å². The molecule has 4 amide bonds. The number of urea groups is 1. The molecule has 2 aromatic rings. The average Bonchev–Trinajstić information content (AvgIpc) is 2.93. The van der Waals surface area contributed by atoms with Crippen LogP contribution in [0.4, 0.5) is 9.18 Å². The smallest absolute Gasteiger partial charge is 0.325 e. The fraction of sp³-hybridized carbons (Fsp3) is 0.375. The minimum Gasteiger partial charge on any atom is -0.354 e. The highest BCUT2D eigenvalue weighted by atomic mass is 19.1. The van der Waals surface area contributed by atoms with Crippen LogP contribution in [0.1, 0.15) is 44.4 Å². The molecule has 31 heavy (non-hydrogen) atoms. The number of imide groups is 1. The minimum atomic E-state index is -1.22. The third kappa shape index (κ3) is 4.93. The summed E-state index contributed by atoms with van der Waals surface area (Å²) in [5, 5.41) is 5.42. The predicted octanol–water partition coefficient (Wildman–Crippen LogP) is 3.25. The van der Waals surface area contributed by atoms with E-state index in [2.05, 4.69) is 31.4 Å². The Morgan fingerprint density at radius 3 is 2.26 bits per heavy atom. The molecule has 1 aliphatic rings. The van der Waals surface area contributed by atoms with Gasteiger partial charge in [-0.2, -0.15) is 0 Å². The minimum absolute atomic E-state index is 0.0274. The molecular weight excluding hydrogens is 397 g/mol. The third-order valence-corrected chi connectivity index (χ3v) is 5.55. The number of hydrogen-bond donors (Lipinski definition) is 2. The zero-order chi connectivity index (χ0) is 22.8. The summed E-state index contributed by atoms with van der Waals surface area (Å²) in [6.07, 6.45) is 0.518. The molecule has 2 N–H and O–H groups in total. The quantitative estimate of drug-likeness (QED) is 0.698. The molecule has 6 nitrogen and oxygen atoms in total. The summed E-state index contributed by atoms with van der Waals surface area (Å²) in [4.78, 5) is 38.7. The maximum atomic E-state index is 13.0. The zero-order valence-electron chi connectivity index (χ0n) is 18.3. The monoisotopic (exact) mass is 425 g/mol. The fourth-order valence-corrected chi connectivity index (χ4v) is 3.54. The topological polar surface area (TPSA) is 78.5 Å². The zero-order valence-corrected chi connectivity index (χ0v) is 18.3.